The summed E-state index contributed by atoms with van der Waals surface area (Å²) in [5.41, 5.74) is 3.09. The van der Waals surface area contributed by atoms with Gasteiger partial charge in [0.15, 0.2) is 0 Å². The van der Waals surface area contributed by atoms with Crippen LogP contribution in [-0.2, 0) is 11.3 Å². The molecule has 0 amide bonds. The Morgan fingerprint density at radius 3 is 2.64 bits per heavy atom. The second-order valence-corrected chi connectivity index (χ2v) is 8.01. The first-order chi connectivity index (χ1) is 13.5. The Hall–Kier alpha value is -2.08. The van der Waals surface area contributed by atoms with Gasteiger partial charge in [0.2, 0.25) is 0 Å². The van der Waals surface area contributed by atoms with Crippen LogP contribution >= 0.6 is 15.9 Å². The fraction of sp³-hybridized carbons (Fsp3) is 0.409. The van der Waals surface area contributed by atoms with Gasteiger partial charge in [0.05, 0.1) is 23.5 Å². The standard InChI is InChI=1S/C22H26BrFN2O2/c1-2-28-22(27)16-8-9-20(26-19-6-4-3-5-7-19)21(12-16)25-14-15-10-17(23)13-18(24)11-15/h8-13,19,25-26H,2-7,14H2,1H3. The van der Waals surface area contributed by atoms with Crippen LogP contribution in [0.5, 0.6) is 0 Å². The van der Waals surface area contributed by atoms with Crippen LogP contribution in [0.2, 0.25) is 0 Å². The molecule has 1 aliphatic carbocycles. The predicted octanol–water partition coefficient (Wildman–Crippen LogP) is 6.12. The van der Waals surface area contributed by atoms with E-state index in [0.29, 0.717) is 29.2 Å². The number of ether oxygens (including phenoxy) is 1. The number of esters is 1. The molecule has 2 N–H and O–H groups in total. The molecule has 28 heavy (non-hydrogen) atoms. The number of carbonyl (C=O) groups excluding carboxylic acids is 1. The molecule has 1 fully saturated rings. The van der Waals surface area contributed by atoms with Crippen LogP contribution in [0.1, 0.15) is 54.9 Å². The molecule has 0 aliphatic heterocycles. The molecule has 1 aliphatic rings. The van der Waals surface area contributed by atoms with Crippen LogP contribution in [0, 0.1) is 5.82 Å². The zero-order chi connectivity index (χ0) is 19.9. The zero-order valence-corrected chi connectivity index (χ0v) is 17.6. The van der Waals surface area contributed by atoms with E-state index in [9.17, 15) is 9.18 Å². The lowest BCUT2D eigenvalue weighted by atomic mass is 9.95. The van der Waals surface area contributed by atoms with E-state index in [1.54, 1.807) is 19.1 Å². The molecule has 0 bridgehead atoms. The molecule has 0 saturated heterocycles. The number of halogens is 2. The van der Waals surface area contributed by atoms with Gasteiger partial charge in [0, 0.05) is 17.1 Å². The number of nitrogens with one attached hydrogen (secondary N) is 2. The van der Waals surface area contributed by atoms with E-state index in [0.717, 1.165) is 29.8 Å². The van der Waals surface area contributed by atoms with Crippen molar-refractivity contribution in [1.29, 1.82) is 0 Å². The van der Waals surface area contributed by atoms with E-state index in [4.69, 9.17) is 4.74 Å². The lowest BCUT2D eigenvalue weighted by Gasteiger charge is -2.25. The van der Waals surface area contributed by atoms with Crippen molar-refractivity contribution in [1.82, 2.24) is 0 Å². The maximum atomic E-state index is 13.7. The SMILES string of the molecule is CCOC(=O)c1ccc(NC2CCCCC2)c(NCc2cc(F)cc(Br)c2)c1. The largest absolute Gasteiger partial charge is 0.462 e. The van der Waals surface area contributed by atoms with Gasteiger partial charge in [0.1, 0.15) is 5.82 Å². The summed E-state index contributed by atoms with van der Waals surface area (Å²) >= 11 is 3.33. The molecular formula is C22H26BrFN2O2. The normalized spacial score (nSPS) is 14.5. The van der Waals surface area contributed by atoms with Gasteiger partial charge >= 0.3 is 5.97 Å². The third kappa shape index (κ3) is 5.71. The predicted molar refractivity (Wildman–Crippen MR) is 114 cm³/mol. The number of hydrogen-bond acceptors (Lipinski definition) is 4. The monoisotopic (exact) mass is 448 g/mol. The van der Waals surface area contributed by atoms with Crippen LogP contribution in [-0.4, -0.2) is 18.6 Å². The number of rotatable bonds is 7. The summed E-state index contributed by atoms with van der Waals surface area (Å²) in [5, 5.41) is 6.96. The fourth-order valence-electron chi connectivity index (χ4n) is 3.53. The summed E-state index contributed by atoms with van der Waals surface area (Å²) in [4.78, 5) is 12.1. The summed E-state index contributed by atoms with van der Waals surface area (Å²) in [6, 6.07) is 10.8. The molecule has 2 aromatic rings. The molecule has 0 spiro atoms. The molecule has 6 heteroatoms. The summed E-state index contributed by atoms with van der Waals surface area (Å²) < 4.78 is 19.5. The third-order valence-corrected chi connectivity index (χ3v) is 5.36. The average Bonchev–Trinajstić information content (AvgIpc) is 2.67. The molecule has 0 aromatic heterocycles. The lowest BCUT2D eigenvalue weighted by Crippen LogP contribution is -2.23. The Bertz CT molecular complexity index is 802. The lowest BCUT2D eigenvalue weighted by molar-refractivity contribution is 0.0526. The van der Waals surface area contributed by atoms with Gasteiger partial charge in [-0.3, -0.25) is 0 Å². The molecule has 2 aromatic carbocycles. The summed E-state index contributed by atoms with van der Waals surface area (Å²) in [6.07, 6.45) is 6.06. The van der Waals surface area contributed by atoms with Gasteiger partial charge in [-0.25, -0.2) is 9.18 Å². The van der Waals surface area contributed by atoms with Gasteiger partial charge in [-0.05, 0) is 61.7 Å². The Balaban J connectivity index is 1.80. The first kappa shape index (κ1) is 20.6. The van der Waals surface area contributed by atoms with Gasteiger partial charge in [-0.15, -0.1) is 0 Å². The number of anilines is 2. The van der Waals surface area contributed by atoms with Crippen LogP contribution in [0.25, 0.3) is 0 Å². The van der Waals surface area contributed by atoms with Gasteiger partial charge < -0.3 is 15.4 Å². The molecular weight excluding hydrogens is 423 g/mol. The maximum Gasteiger partial charge on any atom is 0.338 e. The summed E-state index contributed by atoms with van der Waals surface area (Å²) in [5.74, 6) is -0.629. The minimum absolute atomic E-state index is 0.285. The second-order valence-electron chi connectivity index (χ2n) is 7.09. The van der Waals surface area contributed by atoms with Crippen LogP contribution in [0.3, 0.4) is 0 Å². The molecule has 0 heterocycles. The number of carbonyl (C=O) groups is 1. The highest BCUT2D eigenvalue weighted by molar-refractivity contribution is 9.10. The van der Waals surface area contributed by atoms with Crippen molar-refractivity contribution in [3.8, 4) is 0 Å². The quantitative estimate of drug-likeness (QED) is 0.500. The van der Waals surface area contributed by atoms with Gasteiger partial charge in [-0.1, -0.05) is 35.2 Å². The summed E-state index contributed by atoms with van der Waals surface area (Å²) in [6.45, 7) is 2.57. The van der Waals surface area contributed by atoms with E-state index in [1.807, 2.05) is 12.1 Å². The molecule has 1 saturated carbocycles. The summed E-state index contributed by atoms with van der Waals surface area (Å²) in [7, 11) is 0. The van der Waals surface area contributed by atoms with Crippen molar-refractivity contribution in [2.75, 3.05) is 17.2 Å². The fourth-order valence-corrected chi connectivity index (χ4v) is 4.05. The van der Waals surface area contributed by atoms with Crippen molar-refractivity contribution in [2.45, 2.75) is 51.6 Å². The Labute approximate surface area is 174 Å². The number of hydrogen-bond donors (Lipinski definition) is 2. The molecule has 4 nitrogen and oxygen atoms in total. The van der Waals surface area contributed by atoms with Crippen molar-refractivity contribution >= 4 is 33.3 Å². The Morgan fingerprint density at radius 1 is 1.14 bits per heavy atom. The highest BCUT2D eigenvalue weighted by Crippen LogP contribution is 2.29. The topological polar surface area (TPSA) is 50.4 Å². The van der Waals surface area contributed by atoms with Crippen LogP contribution < -0.4 is 10.6 Å². The highest BCUT2D eigenvalue weighted by Gasteiger charge is 2.16. The van der Waals surface area contributed by atoms with E-state index < -0.39 is 0 Å². The zero-order valence-electron chi connectivity index (χ0n) is 16.1. The van der Waals surface area contributed by atoms with Crippen molar-refractivity contribution in [3.63, 3.8) is 0 Å². The van der Waals surface area contributed by atoms with Crippen molar-refractivity contribution in [3.05, 3.63) is 57.8 Å². The molecule has 0 radical (unpaired) electrons. The highest BCUT2D eigenvalue weighted by atomic mass is 79.9. The molecule has 0 unspecified atom stereocenters. The third-order valence-electron chi connectivity index (χ3n) is 4.90. The van der Waals surface area contributed by atoms with Crippen molar-refractivity contribution < 1.29 is 13.9 Å². The van der Waals surface area contributed by atoms with E-state index in [1.165, 1.54) is 31.4 Å². The maximum absolute atomic E-state index is 13.7. The smallest absolute Gasteiger partial charge is 0.338 e. The molecule has 150 valence electrons. The average molecular weight is 449 g/mol. The van der Waals surface area contributed by atoms with Gasteiger partial charge in [0.25, 0.3) is 0 Å². The first-order valence-corrected chi connectivity index (χ1v) is 10.6. The van der Waals surface area contributed by atoms with E-state index in [-0.39, 0.29) is 11.8 Å². The van der Waals surface area contributed by atoms with E-state index >= 15 is 0 Å². The Morgan fingerprint density at radius 2 is 1.93 bits per heavy atom. The molecule has 0 atom stereocenters. The minimum Gasteiger partial charge on any atom is -0.462 e. The van der Waals surface area contributed by atoms with Gasteiger partial charge in [-0.2, -0.15) is 0 Å². The van der Waals surface area contributed by atoms with Crippen LogP contribution in [0.4, 0.5) is 15.8 Å². The Kier molecular flexibility index (Phi) is 7.31. The second kappa shape index (κ2) is 9.92. The molecule has 3 rings (SSSR count). The van der Waals surface area contributed by atoms with Crippen LogP contribution in [0.15, 0.2) is 40.9 Å². The number of benzene rings is 2. The van der Waals surface area contributed by atoms with E-state index in [2.05, 4.69) is 26.6 Å². The first-order valence-electron chi connectivity index (χ1n) is 9.81. The minimum atomic E-state index is -0.344. The van der Waals surface area contributed by atoms with Crippen molar-refractivity contribution in [2.24, 2.45) is 0 Å².